The molecule has 2 heterocycles. The van der Waals surface area contributed by atoms with E-state index >= 15 is 0 Å². The predicted octanol–water partition coefficient (Wildman–Crippen LogP) is 4.18. The summed E-state index contributed by atoms with van der Waals surface area (Å²) >= 11 is 0. The number of anilines is 4. The first kappa shape index (κ1) is 20.8. The summed E-state index contributed by atoms with van der Waals surface area (Å²) in [5.41, 5.74) is 0.691. The lowest BCUT2D eigenvalue weighted by molar-refractivity contribution is 0.192. The van der Waals surface area contributed by atoms with Gasteiger partial charge < -0.3 is 25.3 Å². The molecule has 9 nitrogen and oxygen atoms in total. The van der Waals surface area contributed by atoms with Gasteiger partial charge in [0.15, 0.2) is 0 Å². The lowest BCUT2D eigenvalue weighted by Crippen LogP contribution is -2.19. The number of hydrogen-bond donors (Lipinski definition) is 3. The van der Waals surface area contributed by atoms with E-state index in [0.717, 1.165) is 6.54 Å². The molecular weight excluding hydrogens is 399 g/mol. The van der Waals surface area contributed by atoms with Crippen LogP contribution in [-0.4, -0.2) is 37.9 Å². The highest BCUT2D eigenvalue weighted by molar-refractivity contribution is 5.57. The Labute approximate surface area is 180 Å². The fourth-order valence-electron chi connectivity index (χ4n) is 3.61. The lowest BCUT2D eigenvalue weighted by Gasteiger charge is -2.21. The van der Waals surface area contributed by atoms with E-state index in [2.05, 4.69) is 35.9 Å². The molecule has 1 aliphatic carbocycles. The van der Waals surface area contributed by atoms with Crippen LogP contribution in [0.1, 0.15) is 32.1 Å². The Morgan fingerprint density at radius 2 is 1.84 bits per heavy atom. The molecule has 31 heavy (non-hydrogen) atoms. The zero-order chi connectivity index (χ0) is 21.3. The minimum atomic E-state index is -0.882. The highest BCUT2D eigenvalue weighted by Crippen LogP contribution is 2.24. The molecule has 1 aliphatic rings. The molecule has 0 aliphatic heterocycles. The maximum absolute atomic E-state index is 12.5. The van der Waals surface area contributed by atoms with E-state index in [1.807, 2.05) is 16.8 Å². The van der Waals surface area contributed by atoms with Crippen molar-refractivity contribution in [2.45, 2.75) is 38.8 Å². The molecule has 0 amide bonds. The van der Waals surface area contributed by atoms with Crippen LogP contribution in [0.4, 0.5) is 27.9 Å². The van der Waals surface area contributed by atoms with Gasteiger partial charge in [0.1, 0.15) is 5.75 Å². The maximum Gasteiger partial charge on any atom is 0.233 e. The topological polar surface area (TPSA) is 102 Å². The molecular formula is C21H27FN8O. The fourth-order valence-corrected chi connectivity index (χ4v) is 3.61. The molecule has 1 fully saturated rings. The molecule has 2 aromatic heterocycles. The number of halogens is 1. The second kappa shape index (κ2) is 10.6. The van der Waals surface area contributed by atoms with Crippen molar-refractivity contribution in [3.63, 3.8) is 0 Å². The molecule has 164 valence electrons. The normalized spacial score (nSPS) is 14.2. The van der Waals surface area contributed by atoms with Gasteiger partial charge in [-0.2, -0.15) is 15.0 Å². The maximum atomic E-state index is 12.5. The third-order valence-electron chi connectivity index (χ3n) is 5.20. The van der Waals surface area contributed by atoms with Crippen molar-refractivity contribution < 1.29 is 9.13 Å². The van der Waals surface area contributed by atoms with Gasteiger partial charge in [-0.15, -0.1) is 0 Å². The van der Waals surface area contributed by atoms with Gasteiger partial charge >= 0.3 is 0 Å². The van der Waals surface area contributed by atoms with Gasteiger partial charge in [-0.1, -0.05) is 25.3 Å². The van der Waals surface area contributed by atoms with Crippen molar-refractivity contribution >= 4 is 23.5 Å². The summed E-state index contributed by atoms with van der Waals surface area (Å²) in [6.45, 7) is 0.433. The van der Waals surface area contributed by atoms with Crippen LogP contribution < -0.4 is 20.7 Å². The minimum Gasteiger partial charge on any atom is -0.463 e. The number of hydrogen-bond acceptors (Lipinski definition) is 8. The summed E-state index contributed by atoms with van der Waals surface area (Å²) in [6.07, 6.45) is 11.6. The second-order valence-corrected chi connectivity index (χ2v) is 7.51. The van der Waals surface area contributed by atoms with Crippen LogP contribution in [0.3, 0.4) is 0 Å². The molecule has 4 rings (SSSR count). The van der Waals surface area contributed by atoms with Crippen LogP contribution >= 0.6 is 0 Å². The quantitative estimate of drug-likeness (QED) is 0.444. The number of nitrogens with zero attached hydrogens (tertiary/aromatic N) is 5. The average molecular weight is 427 g/mol. The van der Waals surface area contributed by atoms with Gasteiger partial charge in [0, 0.05) is 30.7 Å². The molecule has 1 aromatic carbocycles. The van der Waals surface area contributed by atoms with E-state index in [0.29, 0.717) is 41.9 Å². The number of nitrogens with one attached hydrogen (secondary N) is 3. The van der Waals surface area contributed by atoms with E-state index in [1.54, 1.807) is 30.7 Å². The van der Waals surface area contributed by atoms with Gasteiger partial charge in [-0.3, -0.25) is 0 Å². The smallest absolute Gasteiger partial charge is 0.233 e. The molecule has 0 saturated heterocycles. The highest BCUT2D eigenvalue weighted by atomic mass is 19.1. The molecule has 3 N–H and O–H groups in total. The SMILES string of the molecule is FCOc1cccc(Nc2nc(NCC3CCCCC3)nc(NCn3ccnc3)n2)c1. The Morgan fingerprint density at radius 3 is 2.61 bits per heavy atom. The molecule has 0 unspecified atom stereocenters. The van der Waals surface area contributed by atoms with Crippen molar-refractivity contribution in [3.05, 3.63) is 43.0 Å². The zero-order valence-electron chi connectivity index (χ0n) is 17.3. The first-order valence-corrected chi connectivity index (χ1v) is 10.5. The first-order valence-electron chi connectivity index (χ1n) is 10.5. The number of aromatic nitrogens is 5. The Hall–Kier alpha value is -3.43. The lowest BCUT2D eigenvalue weighted by atomic mass is 9.89. The van der Waals surface area contributed by atoms with E-state index < -0.39 is 6.86 Å². The van der Waals surface area contributed by atoms with E-state index in [4.69, 9.17) is 4.74 Å². The van der Waals surface area contributed by atoms with Crippen LogP contribution in [-0.2, 0) is 6.67 Å². The summed E-state index contributed by atoms with van der Waals surface area (Å²) in [7, 11) is 0. The number of rotatable bonds is 10. The van der Waals surface area contributed by atoms with Crippen LogP contribution in [0.25, 0.3) is 0 Å². The summed E-state index contributed by atoms with van der Waals surface area (Å²) in [4.78, 5) is 17.5. The summed E-state index contributed by atoms with van der Waals surface area (Å²) in [5.74, 6) is 2.39. The number of benzene rings is 1. The van der Waals surface area contributed by atoms with Crippen molar-refractivity contribution in [2.75, 3.05) is 29.4 Å². The Balaban J connectivity index is 1.49. The van der Waals surface area contributed by atoms with Crippen molar-refractivity contribution in [2.24, 2.45) is 5.92 Å². The minimum absolute atomic E-state index is 0.381. The van der Waals surface area contributed by atoms with Crippen LogP contribution in [0, 0.1) is 5.92 Å². The van der Waals surface area contributed by atoms with Gasteiger partial charge in [0.25, 0.3) is 0 Å². The summed E-state index contributed by atoms with van der Waals surface area (Å²) in [6, 6.07) is 6.99. The van der Waals surface area contributed by atoms with Gasteiger partial charge in [0.2, 0.25) is 24.7 Å². The predicted molar refractivity (Wildman–Crippen MR) is 117 cm³/mol. The first-order chi connectivity index (χ1) is 15.3. The Morgan fingerprint density at radius 1 is 1.03 bits per heavy atom. The standard InChI is InChI=1S/C21H27FN8O/c22-13-31-18-8-4-7-17(11-18)26-21-28-19(24-12-16-5-2-1-3-6-16)27-20(29-21)25-15-30-10-9-23-14-30/h4,7-11,14,16H,1-3,5-6,12-13,15H2,(H3,24,25,26,27,28,29). The Kier molecular flexibility index (Phi) is 7.09. The average Bonchev–Trinajstić information content (AvgIpc) is 3.31. The van der Waals surface area contributed by atoms with E-state index in [1.165, 1.54) is 32.1 Å². The van der Waals surface area contributed by atoms with Crippen LogP contribution in [0.15, 0.2) is 43.0 Å². The third-order valence-corrected chi connectivity index (χ3v) is 5.20. The zero-order valence-corrected chi connectivity index (χ0v) is 17.3. The van der Waals surface area contributed by atoms with E-state index in [9.17, 15) is 4.39 Å². The molecule has 1 saturated carbocycles. The van der Waals surface area contributed by atoms with Gasteiger partial charge in [-0.05, 0) is 30.9 Å². The summed E-state index contributed by atoms with van der Waals surface area (Å²) < 4.78 is 19.3. The van der Waals surface area contributed by atoms with Crippen LogP contribution in [0.2, 0.25) is 0 Å². The molecule has 0 bridgehead atoms. The fraction of sp³-hybridized carbons (Fsp3) is 0.429. The summed E-state index contributed by atoms with van der Waals surface area (Å²) in [5, 5.41) is 9.71. The highest BCUT2D eigenvalue weighted by Gasteiger charge is 2.14. The number of imidazole rings is 1. The molecule has 0 spiro atoms. The molecule has 0 atom stereocenters. The van der Waals surface area contributed by atoms with Crippen molar-refractivity contribution in [3.8, 4) is 5.75 Å². The molecule has 0 radical (unpaired) electrons. The van der Waals surface area contributed by atoms with Crippen molar-refractivity contribution in [1.29, 1.82) is 0 Å². The van der Waals surface area contributed by atoms with Gasteiger partial charge in [-0.25, -0.2) is 9.37 Å². The number of alkyl halides is 1. The van der Waals surface area contributed by atoms with Crippen LogP contribution in [0.5, 0.6) is 5.75 Å². The molecule has 3 aromatic rings. The van der Waals surface area contributed by atoms with Crippen molar-refractivity contribution in [1.82, 2.24) is 24.5 Å². The monoisotopic (exact) mass is 426 g/mol. The molecule has 10 heteroatoms. The third kappa shape index (κ3) is 6.27. The number of ether oxygens (including phenoxy) is 1. The largest absolute Gasteiger partial charge is 0.463 e. The van der Waals surface area contributed by atoms with Gasteiger partial charge in [0.05, 0.1) is 13.0 Å². The Bertz CT molecular complexity index is 946. The van der Waals surface area contributed by atoms with E-state index in [-0.39, 0.29) is 0 Å². The second-order valence-electron chi connectivity index (χ2n) is 7.51.